The fourth-order valence-corrected chi connectivity index (χ4v) is 5.33. The Morgan fingerprint density at radius 1 is 0.609 bits per heavy atom. The minimum atomic E-state index is -5.25. The zero-order valence-electron chi connectivity index (χ0n) is 29.8. The molecule has 46 heavy (non-hydrogen) atoms. The molecule has 0 aliphatic carbocycles. The van der Waals surface area contributed by atoms with Crippen LogP contribution in [0.4, 0.5) is 0 Å². The largest absolute Gasteiger partial charge is 1.00 e. The van der Waals surface area contributed by atoms with Crippen LogP contribution in [0.5, 0.6) is 0 Å². The molecule has 260 valence electrons. The first kappa shape index (κ1) is 50.9. The van der Waals surface area contributed by atoms with Crippen LogP contribution in [0.3, 0.4) is 0 Å². The smallest absolute Gasteiger partial charge is 0.790 e. The first-order valence-corrected chi connectivity index (χ1v) is 18.9. The van der Waals surface area contributed by atoms with E-state index in [1.807, 2.05) is 0 Å². The summed E-state index contributed by atoms with van der Waals surface area (Å²) in [5.41, 5.74) is 0. The van der Waals surface area contributed by atoms with Crippen LogP contribution < -0.4 is 74.2 Å². The van der Waals surface area contributed by atoms with Gasteiger partial charge in [0.25, 0.3) is 0 Å². The van der Waals surface area contributed by atoms with Crippen LogP contribution in [0, 0.1) is 0 Å². The third-order valence-electron chi connectivity index (χ3n) is 7.56. The number of esters is 2. The summed E-state index contributed by atoms with van der Waals surface area (Å²) in [7, 11) is -5.25. The van der Waals surface area contributed by atoms with Crippen molar-refractivity contribution in [3.05, 3.63) is 0 Å². The fraction of sp³-hybridized carbons (Fsp3) is 0.909. The van der Waals surface area contributed by atoms with Gasteiger partial charge in [0.15, 0.2) is 6.10 Å². The molecule has 0 saturated carbocycles. The molecule has 0 aromatic heterocycles. The summed E-state index contributed by atoms with van der Waals surface area (Å²) in [5.74, 6) is -0.939. The number of hydrogen-bond acceptors (Lipinski definition) is 9. The number of nitrogens with one attached hydrogen (secondary N) is 1. The van der Waals surface area contributed by atoms with E-state index in [1.54, 1.807) is 6.92 Å². The van der Waals surface area contributed by atoms with Crippen molar-refractivity contribution in [3.63, 3.8) is 0 Å². The zero-order valence-corrected chi connectivity index (χ0v) is 34.7. The van der Waals surface area contributed by atoms with Crippen molar-refractivity contribution in [2.24, 2.45) is 0 Å². The second-order valence-corrected chi connectivity index (χ2v) is 13.1. The average molecular weight is 694 g/mol. The third kappa shape index (κ3) is 40.7. The van der Waals surface area contributed by atoms with Gasteiger partial charge < -0.3 is 33.7 Å². The maximum atomic E-state index is 12.2. The number of carbonyl (C=O) groups is 3. The Bertz CT molecular complexity index is 771. The summed E-state index contributed by atoms with van der Waals surface area (Å²) in [4.78, 5) is 57.0. The summed E-state index contributed by atoms with van der Waals surface area (Å²) < 4.78 is 25.6. The van der Waals surface area contributed by atoms with Gasteiger partial charge in [0.05, 0.1) is 14.4 Å². The van der Waals surface area contributed by atoms with Crippen molar-refractivity contribution in [1.82, 2.24) is 5.32 Å². The second kappa shape index (κ2) is 36.8. The Balaban J connectivity index is -0.00000924. The van der Waals surface area contributed by atoms with Crippen molar-refractivity contribution in [1.29, 1.82) is 0 Å². The predicted molar refractivity (Wildman–Crippen MR) is 170 cm³/mol. The van der Waals surface area contributed by atoms with Gasteiger partial charge in [0, 0.05) is 26.3 Å². The van der Waals surface area contributed by atoms with Gasteiger partial charge in [-0.05, 0) is 19.3 Å². The van der Waals surface area contributed by atoms with Crippen molar-refractivity contribution in [2.45, 2.75) is 174 Å². The maximum Gasteiger partial charge on any atom is 1.00 e. The van der Waals surface area contributed by atoms with E-state index in [2.05, 4.69) is 16.8 Å². The minimum absolute atomic E-state index is 0. The molecule has 0 rings (SSSR count). The molecule has 0 aliphatic heterocycles. The molecule has 0 aromatic rings. The Kier molecular flexibility index (Phi) is 40.7. The van der Waals surface area contributed by atoms with Crippen LogP contribution in [-0.2, 0) is 32.9 Å². The van der Waals surface area contributed by atoms with Gasteiger partial charge in [0.2, 0.25) is 5.91 Å². The Morgan fingerprint density at radius 3 is 1.41 bits per heavy atom. The molecule has 0 fully saturated rings. The van der Waals surface area contributed by atoms with Gasteiger partial charge in [0.1, 0.15) is 6.61 Å². The van der Waals surface area contributed by atoms with E-state index in [0.29, 0.717) is 12.8 Å². The standard InChI is InChI=1S/C33H64NO9P.2Na/c1-3-4-5-6-7-13-17-20-23-26-33(37)43-31(29-42-44(38,39)40)28-41-32(36)25-22-19-16-14-11-9-8-10-12-15-18-21-24-27-34-30(2)35;;/h31H,3-29H2,1-2H3,(H,34,35)(H2,38,39,40);;/q;2*+1/p-2/t31-;;/m1../s1. The molecule has 13 heteroatoms. The number of amides is 1. The maximum absolute atomic E-state index is 12.2. The number of phosphoric ester groups is 1. The molecular formula is C33H62NNa2O9P. The summed E-state index contributed by atoms with van der Waals surface area (Å²) in [5, 5.41) is 2.82. The van der Waals surface area contributed by atoms with Crippen LogP contribution in [-0.4, -0.2) is 43.7 Å². The first-order valence-electron chi connectivity index (χ1n) is 17.4. The van der Waals surface area contributed by atoms with Crippen molar-refractivity contribution in [3.8, 4) is 0 Å². The summed E-state index contributed by atoms with van der Waals surface area (Å²) in [6, 6.07) is 0. The number of unbranched alkanes of at least 4 members (excludes halogenated alkanes) is 20. The Labute approximate surface area is 324 Å². The van der Waals surface area contributed by atoms with Crippen molar-refractivity contribution in [2.75, 3.05) is 19.8 Å². The van der Waals surface area contributed by atoms with E-state index in [-0.39, 0.29) is 84.5 Å². The van der Waals surface area contributed by atoms with Gasteiger partial charge in [-0.2, -0.15) is 0 Å². The van der Waals surface area contributed by atoms with Gasteiger partial charge in [-0.15, -0.1) is 0 Å². The number of rotatable bonds is 32. The van der Waals surface area contributed by atoms with E-state index in [4.69, 9.17) is 9.47 Å². The summed E-state index contributed by atoms with van der Waals surface area (Å²) in [6.07, 6.45) is 23.9. The number of ether oxygens (including phenoxy) is 2. The van der Waals surface area contributed by atoms with Gasteiger partial charge in [-0.3, -0.25) is 14.4 Å². The van der Waals surface area contributed by atoms with E-state index < -0.39 is 32.5 Å². The summed E-state index contributed by atoms with van der Waals surface area (Å²) >= 11 is 0. The van der Waals surface area contributed by atoms with Crippen LogP contribution in [0.2, 0.25) is 0 Å². The Morgan fingerprint density at radius 2 is 1.00 bits per heavy atom. The Hall–Kier alpha value is 0.520. The number of hydrogen-bond donors (Lipinski definition) is 1. The molecule has 0 spiro atoms. The van der Waals surface area contributed by atoms with E-state index >= 15 is 0 Å². The molecule has 0 saturated heterocycles. The molecule has 1 atom stereocenters. The number of carbonyl (C=O) groups excluding carboxylic acids is 3. The van der Waals surface area contributed by atoms with Gasteiger partial charge in [-0.1, -0.05) is 129 Å². The summed E-state index contributed by atoms with van der Waals surface area (Å²) in [6.45, 7) is 3.50. The first-order chi connectivity index (χ1) is 21.1. The molecule has 0 radical (unpaired) electrons. The minimum Gasteiger partial charge on any atom is -0.790 e. The molecular weight excluding hydrogens is 631 g/mol. The van der Waals surface area contributed by atoms with Crippen LogP contribution >= 0.6 is 7.82 Å². The van der Waals surface area contributed by atoms with E-state index in [0.717, 1.165) is 51.5 Å². The topological polar surface area (TPSA) is 154 Å². The van der Waals surface area contributed by atoms with E-state index in [9.17, 15) is 28.7 Å². The SMILES string of the molecule is CCCCCCCCCCCC(=O)O[C@H](COC(=O)CCCCCCCCCCCCCCCNC(C)=O)COP(=O)([O-])[O-].[Na+].[Na+]. The third-order valence-corrected chi connectivity index (χ3v) is 8.03. The molecule has 10 nitrogen and oxygen atoms in total. The second-order valence-electron chi connectivity index (χ2n) is 11.9. The van der Waals surface area contributed by atoms with Crippen molar-refractivity contribution < 1.29 is 102 Å². The molecule has 1 amide bonds. The van der Waals surface area contributed by atoms with Gasteiger partial charge >= 0.3 is 71.1 Å². The van der Waals surface area contributed by atoms with E-state index in [1.165, 1.54) is 83.5 Å². The number of phosphoric acid groups is 1. The quantitative estimate of drug-likeness (QED) is 0.0467. The fourth-order valence-electron chi connectivity index (χ4n) is 4.98. The van der Waals surface area contributed by atoms with Crippen LogP contribution in [0.25, 0.3) is 0 Å². The molecule has 0 aromatic carbocycles. The molecule has 0 bridgehead atoms. The average Bonchev–Trinajstić information content (AvgIpc) is 2.96. The zero-order chi connectivity index (χ0) is 32.7. The molecule has 0 heterocycles. The van der Waals surface area contributed by atoms with Gasteiger partial charge in [-0.25, -0.2) is 0 Å². The molecule has 1 N–H and O–H groups in total. The van der Waals surface area contributed by atoms with Crippen LogP contribution in [0.1, 0.15) is 168 Å². The molecule has 0 aliphatic rings. The molecule has 0 unspecified atom stereocenters. The predicted octanol–water partition coefficient (Wildman–Crippen LogP) is 0.813. The van der Waals surface area contributed by atoms with Crippen LogP contribution in [0.15, 0.2) is 0 Å². The monoisotopic (exact) mass is 693 g/mol. The normalized spacial score (nSPS) is 11.7. The van der Waals surface area contributed by atoms with Crippen molar-refractivity contribution >= 4 is 25.7 Å².